The van der Waals surface area contributed by atoms with Gasteiger partial charge in [-0.25, -0.2) is 0 Å². The van der Waals surface area contributed by atoms with Gasteiger partial charge in [0.1, 0.15) is 6.29 Å². The minimum atomic E-state index is 0.219. The Morgan fingerprint density at radius 3 is 2.27 bits per heavy atom. The Morgan fingerprint density at radius 1 is 0.933 bits per heavy atom. The van der Waals surface area contributed by atoms with Gasteiger partial charge >= 0.3 is 0 Å². The van der Waals surface area contributed by atoms with Gasteiger partial charge in [-0.2, -0.15) is 0 Å². The first-order chi connectivity index (χ1) is 14.6. The van der Waals surface area contributed by atoms with E-state index in [1.807, 2.05) is 7.11 Å². The molecule has 0 aromatic carbocycles. The summed E-state index contributed by atoms with van der Waals surface area (Å²) < 4.78 is 5.52. The van der Waals surface area contributed by atoms with E-state index in [-0.39, 0.29) is 12.2 Å². The molecule has 1 amide bonds. The van der Waals surface area contributed by atoms with E-state index >= 15 is 0 Å². The summed E-state index contributed by atoms with van der Waals surface area (Å²) in [6.07, 6.45) is 12.5. The Morgan fingerprint density at radius 2 is 1.63 bits per heavy atom. The van der Waals surface area contributed by atoms with E-state index in [2.05, 4.69) is 27.8 Å². The molecule has 6 heteroatoms. The summed E-state index contributed by atoms with van der Waals surface area (Å²) in [7, 11) is 1.85. The van der Waals surface area contributed by atoms with Crippen LogP contribution >= 0.6 is 0 Å². The van der Waals surface area contributed by atoms with E-state index in [4.69, 9.17) is 4.74 Å². The third kappa shape index (κ3) is 5.76. The lowest BCUT2D eigenvalue weighted by Gasteiger charge is -2.41. The number of ether oxygens (including phenoxy) is 1. The van der Waals surface area contributed by atoms with Crippen molar-refractivity contribution in [2.75, 3.05) is 33.3 Å². The van der Waals surface area contributed by atoms with Crippen LogP contribution in [0.3, 0.4) is 0 Å². The molecule has 172 valence electrons. The van der Waals surface area contributed by atoms with Gasteiger partial charge in [-0.05, 0) is 82.0 Å². The Bertz CT molecular complexity index is 535. The third-order valence-electron chi connectivity index (χ3n) is 8.33. The van der Waals surface area contributed by atoms with Gasteiger partial charge in [0.2, 0.25) is 5.91 Å². The predicted molar refractivity (Wildman–Crippen MR) is 120 cm³/mol. The van der Waals surface area contributed by atoms with Gasteiger partial charge in [0.15, 0.2) is 0 Å². The van der Waals surface area contributed by atoms with Gasteiger partial charge in [0, 0.05) is 45.2 Å². The first-order valence-corrected chi connectivity index (χ1v) is 12.7. The number of rotatable bonds is 5. The molecule has 0 aromatic heterocycles. The summed E-state index contributed by atoms with van der Waals surface area (Å²) in [5.74, 6) is 2.92. The van der Waals surface area contributed by atoms with Crippen LogP contribution in [0, 0.1) is 23.7 Å². The topological polar surface area (TPSA) is 65.6 Å². The molecule has 0 radical (unpaired) electrons. The fourth-order valence-corrected chi connectivity index (χ4v) is 6.32. The molecule has 30 heavy (non-hydrogen) atoms. The molecule has 3 N–H and O–H groups in total. The largest absolute Gasteiger partial charge is 0.381 e. The second kappa shape index (κ2) is 10.8. The molecule has 2 saturated heterocycles. The minimum Gasteiger partial charge on any atom is -0.381 e. The van der Waals surface area contributed by atoms with Gasteiger partial charge < -0.3 is 9.64 Å². The summed E-state index contributed by atoms with van der Waals surface area (Å²) in [5, 5.41) is 11.2. The second-order valence-corrected chi connectivity index (χ2v) is 10.5. The van der Waals surface area contributed by atoms with Crippen LogP contribution in [0.1, 0.15) is 71.1 Å². The molecule has 0 spiro atoms. The van der Waals surface area contributed by atoms with Crippen molar-refractivity contribution < 1.29 is 9.53 Å². The fraction of sp³-hybridized carbons (Fsp3) is 0.958. The maximum Gasteiger partial charge on any atom is 0.225 e. The van der Waals surface area contributed by atoms with Gasteiger partial charge in [-0.1, -0.05) is 6.92 Å². The highest BCUT2D eigenvalue weighted by Gasteiger charge is 2.34. The summed E-state index contributed by atoms with van der Waals surface area (Å²) in [4.78, 5) is 15.0. The van der Waals surface area contributed by atoms with Crippen molar-refractivity contribution in [3.8, 4) is 0 Å². The first kappa shape index (κ1) is 22.5. The summed E-state index contributed by atoms with van der Waals surface area (Å²) in [6.45, 7) is 6.44. The number of hydrogen-bond acceptors (Lipinski definition) is 5. The molecule has 1 atom stereocenters. The molecular formula is C24H44N4O2. The quantitative estimate of drug-likeness (QED) is 0.638. The number of piperidine rings is 1. The zero-order chi connectivity index (χ0) is 20.9. The van der Waals surface area contributed by atoms with Crippen molar-refractivity contribution in [2.45, 2.75) is 89.6 Å². The molecule has 4 fully saturated rings. The lowest BCUT2D eigenvalue weighted by atomic mass is 9.78. The van der Waals surface area contributed by atoms with E-state index < -0.39 is 0 Å². The van der Waals surface area contributed by atoms with Crippen molar-refractivity contribution in [3.05, 3.63) is 0 Å². The molecule has 4 rings (SSSR count). The van der Waals surface area contributed by atoms with Crippen LogP contribution < -0.4 is 16.0 Å². The van der Waals surface area contributed by atoms with E-state index in [0.29, 0.717) is 24.0 Å². The van der Waals surface area contributed by atoms with Crippen LogP contribution in [0.4, 0.5) is 0 Å². The molecule has 0 bridgehead atoms. The van der Waals surface area contributed by atoms with Gasteiger partial charge in [0.25, 0.3) is 0 Å². The van der Waals surface area contributed by atoms with Crippen LogP contribution in [-0.4, -0.2) is 62.5 Å². The summed E-state index contributed by atoms with van der Waals surface area (Å²) in [5.41, 5.74) is 0. The van der Waals surface area contributed by atoms with Crippen molar-refractivity contribution in [3.63, 3.8) is 0 Å². The Labute approximate surface area is 183 Å². The van der Waals surface area contributed by atoms with E-state index in [9.17, 15) is 4.79 Å². The number of carbonyl (C=O) groups excluding carboxylic acids is 1. The van der Waals surface area contributed by atoms with Crippen LogP contribution in [0.25, 0.3) is 0 Å². The zero-order valence-corrected chi connectivity index (χ0v) is 19.2. The summed E-state index contributed by atoms with van der Waals surface area (Å²) in [6, 6.07) is 0.521. The average Bonchev–Trinajstić information content (AvgIpc) is 2.80. The summed E-state index contributed by atoms with van der Waals surface area (Å²) >= 11 is 0. The highest BCUT2D eigenvalue weighted by Crippen LogP contribution is 2.32. The Balaban J connectivity index is 1.14. The lowest BCUT2D eigenvalue weighted by Crippen LogP contribution is -2.63. The van der Waals surface area contributed by atoms with Crippen LogP contribution in [0.2, 0.25) is 0 Å². The zero-order valence-electron chi connectivity index (χ0n) is 19.2. The second-order valence-electron chi connectivity index (χ2n) is 10.5. The molecule has 6 nitrogen and oxygen atoms in total. The van der Waals surface area contributed by atoms with E-state index in [1.165, 1.54) is 38.5 Å². The molecule has 2 aliphatic carbocycles. The molecule has 2 aliphatic heterocycles. The van der Waals surface area contributed by atoms with E-state index in [1.54, 1.807) is 0 Å². The van der Waals surface area contributed by atoms with Crippen molar-refractivity contribution in [1.82, 2.24) is 20.9 Å². The van der Waals surface area contributed by atoms with E-state index in [0.717, 1.165) is 63.7 Å². The van der Waals surface area contributed by atoms with Gasteiger partial charge in [-0.15, -0.1) is 0 Å². The van der Waals surface area contributed by atoms with Crippen molar-refractivity contribution in [2.24, 2.45) is 23.7 Å². The number of carbonyl (C=O) groups is 1. The molecule has 1 unspecified atom stereocenters. The Hall–Kier alpha value is -0.690. The third-order valence-corrected chi connectivity index (χ3v) is 8.33. The molecular weight excluding hydrogens is 376 g/mol. The Kier molecular flexibility index (Phi) is 8.07. The van der Waals surface area contributed by atoms with Crippen molar-refractivity contribution in [1.29, 1.82) is 0 Å². The number of nitrogens with zero attached hydrogens (tertiary/aromatic N) is 1. The maximum atomic E-state index is 12.9. The van der Waals surface area contributed by atoms with Gasteiger partial charge in [0.05, 0.1) is 6.10 Å². The number of amides is 1. The van der Waals surface area contributed by atoms with Crippen molar-refractivity contribution >= 4 is 5.91 Å². The molecule has 4 aliphatic rings. The van der Waals surface area contributed by atoms with Gasteiger partial charge in [-0.3, -0.25) is 20.7 Å². The number of likely N-dealkylation sites (tertiary alicyclic amines) is 1. The predicted octanol–water partition coefficient (Wildman–Crippen LogP) is 2.69. The highest BCUT2D eigenvalue weighted by molar-refractivity contribution is 5.79. The fourth-order valence-electron chi connectivity index (χ4n) is 6.32. The average molecular weight is 421 g/mol. The maximum absolute atomic E-state index is 12.9. The minimum absolute atomic E-state index is 0.219. The SMILES string of the molecule is COC1CCC(C2CNC(NC3CCC(C(=O)N4CCCC(C)C4)CC3)NC2)CC1. The molecule has 2 heterocycles. The standard InChI is InChI=1S/C24H44N4O2/c1-17-4-3-13-28(16-17)23(29)19-5-9-21(10-6-19)27-24-25-14-20(15-26-24)18-7-11-22(30-2)12-8-18/h17-22,24-27H,3-16H2,1-2H3. The number of hydrogen-bond donors (Lipinski definition) is 3. The molecule has 0 aromatic rings. The molecule has 2 saturated carbocycles. The van der Waals surface area contributed by atoms with Crippen LogP contribution in [0.15, 0.2) is 0 Å². The first-order valence-electron chi connectivity index (χ1n) is 12.7. The number of methoxy groups -OCH3 is 1. The normalized spacial score (nSPS) is 40.9. The number of nitrogens with one attached hydrogen (secondary N) is 3. The monoisotopic (exact) mass is 420 g/mol. The highest BCUT2D eigenvalue weighted by atomic mass is 16.5. The van der Waals surface area contributed by atoms with Crippen LogP contribution in [-0.2, 0) is 9.53 Å². The van der Waals surface area contributed by atoms with Crippen LogP contribution in [0.5, 0.6) is 0 Å². The lowest BCUT2D eigenvalue weighted by molar-refractivity contribution is -0.138. The smallest absolute Gasteiger partial charge is 0.225 e.